The van der Waals surface area contributed by atoms with Gasteiger partial charge in [0.25, 0.3) is 0 Å². The van der Waals surface area contributed by atoms with Crippen LogP contribution in [0.1, 0.15) is 22.1 Å². The highest BCUT2D eigenvalue weighted by atomic mass is 32.2. The summed E-state index contributed by atoms with van der Waals surface area (Å²) in [6.07, 6.45) is 0.932. The Morgan fingerprint density at radius 2 is 1.92 bits per heavy atom. The molecule has 1 fully saturated rings. The summed E-state index contributed by atoms with van der Waals surface area (Å²) in [5.41, 5.74) is 3.37. The Morgan fingerprint density at radius 1 is 1.15 bits per heavy atom. The van der Waals surface area contributed by atoms with Crippen molar-refractivity contribution in [2.75, 3.05) is 26.6 Å². The SMILES string of the molecule is COc1cc(CN2C(=O)CSC2c2ccc3c(c2)CCO3)cc(OC)c1. The van der Waals surface area contributed by atoms with Crippen LogP contribution in [-0.2, 0) is 17.8 Å². The van der Waals surface area contributed by atoms with Gasteiger partial charge in [-0.25, -0.2) is 0 Å². The van der Waals surface area contributed by atoms with E-state index in [-0.39, 0.29) is 11.3 Å². The number of carbonyl (C=O) groups is 1. The van der Waals surface area contributed by atoms with Crippen molar-refractivity contribution < 1.29 is 19.0 Å². The molecule has 6 heteroatoms. The van der Waals surface area contributed by atoms with Crippen LogP contribution in [0.4, 0.5) is 0 Å². The number of methoxy groups -OCH3 is 2. The first-order valence-electron chi connectivity index (χ1n) is 8.56. The van der Waals surface area contributed by atoms with Crippen molar-refractivity contribution in [2.45, 2.75) is 18.3 Å². The van der Waals surface area contributed by atoms with Gasteiger partial charge >= 0.3 is 0 Å². The van der Waals surface area contributed by atoms with Gasteiger partial charge in [-0.15, -0.1) is 11.8 Å². The standard InChI is InChI=1S/C20H21NO4S/c1-23-16-7-13(8-17(10-16)24-2)11-21-19(22)12-26-20(21)15-3-4-18-14(9-15)5-6-25-18/h3-4,7-10,20H,5-6,11-12H2,1-2H3. The topological polar surface area (TPSA) is 48.0 Å². The molecule has 0 spiro atoms. The zero-order valence-corrected chi connectivity index (χ0v) is 15.7. The Kier molecular flexibility index (Phi) is 4.68. The van der Waals surface area contributed by atoms with E-state index in [0.29, 0.717) is 12.3 Å². The van der Waals surface area contributed by atoms with Crippen LogP contribution < -0.4 is 14.2 Å². The first-order chi connectivity index (χ1) is 12.7. The number of thioether (sulfide) groups is 1. The van der Waals surface area contributed by atoms with Gasteiger partial charge in [-0.3, -0.25) is 4.79 Å². The van der Waals surface area contributed by atoms with Gasteiger partial charge in [0, 0.05) is 19.0 Å². The lowest BCUT2D eigenvalue weighted by molar-refractivity contribution is -0.128. The predicted octanol–water partition coefficient (Wildman–Crippen LogP) is 3.41. The fourth-order valence-corrected chi connectivity index (χ4v) is 4.59. The summed E-state index contributed by atoms with van der Waals surface area (Å²) < 4.78 is 16.3. The molecule has 2 aromatic rings. The lowest BCUT2D eigenvalue weighted by atomic mass is 10.1. The third-order valence-electron chi connectivity index (χ3n) is 4.73. The van der Waals surface area contributed by atoms with Crippen molar-refractivity contribution in [1.29, 1.82) is 0 Å². The fraction of sp³-hybridized carbons (Fsp3) is 0.350. The summed E-state index contributed by atoms with van der Waals surface area (Å²) in [6, 6.07) is 12.0. The quantitative estimate of drug-likeness (QED) is 0.806. The van der Waals surface area contributed by atoms with Gasteiger partial charge in [-0.1, -0.05) is 6.07 Å². The highest BCUT2D eigenvalue weighted by Crippen LogP contribution is 2.41. The molecular weight excluding hydrogens is 350 g/mol. The Bertz CT molecular complexity index is 816. The van der Waals surface area contributed by atoms with E-state index < -0.39 is 0 Å². The summed E-state index contributed by atoms with van der Waals surface area (Å²) in [4.78, 5) is 14.4. The molecule has 0 bridgehead atoms. The maximum Gasteiger partial charge on any atom is 0.234 e. The minimum absolute atomic E-state index is 0.0191. The summed E-state index contributed by atoms with van der Waals surface area (Å²) in [5.74, 6) is 3.07. The van der Waals surface area contributed by atoms with Crippen molar-refractivity contribution >= 4 is 17.7 Å². The predicted molar refractivity (Wildman–Crippen MR) is 101 cm³/mol. The van der Waals surface area contributed by atoms with Crippen LogP contribution in [0.15, 0.2) is 36.4 Å². The van der Waals surface area contributed by atoms with E-state index in [4.69, 9.17) is 14.2 Å². The van der Waals surface area contributed by atoms with Crippen LogP contribution in [0, 0.1) is 0 Å². The molecule has 0 aliphatic carbocycles. The highest BCUT2D eigenvalue weighted by Gasteiger charge is 2.33. The molecule has 2 aliphatic heterocycles. The van der Waals surface area contributed by atoms with Crippen molar-refractivity contribution in [1.82, 2.24) is 4.90 Å². The zero-order valence-electron chi connectivity index (χ0n) is 14.9. The third-order valence-corrected chi connectivity index (χ3v) is 5.99. The Labute approximate surface area is 157 Å². The van der Waals surface area contributed by atoms with E-state index in [1.807, 2.05) is 29.2 Å². The first kappa shape index (κ1) is 17.1. The van der Waals surface area contributed by atoms with Crippen molar-refractivity contribution in [3.63, 3.8) is 0 Å². The van der Waals surface area contributed by atoms with Crippen LogP contribution in [0.2, 0.25) is 0 Å². The van der Waals surface area contributed by atoms with Gasteiger partial charge in [0.2, 0.25) is 5.91 Å². The number of hydrogen-bond acceptors (Lipinski definition) is 5. The minimum atomic E-state index is 0.0191. The van der Waals surface area contributed by atoms with E-state index in [9.17, 15) is 4.79 Å². The molecule has 0 N–H and O–H groups in total. The van der Waals surface area contributed by atoms with Gasteiger partial charge < -0.3 is 19.1 Å². The molecule has 0 saturated carbocycles. The van der Waals surface area contributed by atoms with Crippen LogP contribution >= 0.6 is 11.8 Å². The van der Waals surface area contributed by atoms with Crippen LogP contribution in [0.3, 0.4) is 0 Å². The monoisotopic (exact) mass is 371 g/mol. The average Bonchev–Trinajstić information content (AvgIpc) is 3.27. The second-order valence-electron chi connectivity index (χ2n) is 6.37. The van der Waals surface area contributed by atoms with E-state index >= 15 is 0 Å². The van der Waals surface area contributed by atoms with Crippen LogP contribution in [0.25, 0.3) is 0 Å². The Hall–Kier alpha value is -2.34. The first-order valence-corrected chi connectivity index (χ1v) is 9.61. The molecule has 1 amide bonds. The molecule has 4 rings (SSSR count). The maximum atomic E-state index is 12.5. The van der Waals surface area contributed by atoms with Gasteiger partial charge in [0.1, 0.15) is 22.6 Å². The molecule has 2 heterocycles. The molecule has 1 saturated heterocycles. The lowest BCUT2D eigenvalue weighted by Crippen LogP contribution is -2.27. The van der Waals surface area contributed by atoms with Crippen molar-refractivity contribution in [3.8, 4) is 17.2 Å². The summed E-state index contributed by atoms with van der Waals surface area (Å²) in [5, 5.41) is 0.0191. The lowest BCUT2D eigenvalue weighted by Gasteiger charge is -2.25. The van der Waals surface area contributed by atoms with E-state index in [1.165, 1.54) is 5.56 Å². The minimum Gasteiger partial charge on any atom is -0.497 e. The molecule has 136 valence electrons. The highest BCUT2D eigenvalue weighted by molar-refractivity contribution is 8.00. The largest absolute Gasteiger partial charge is 0.497 e. The molecular formula is C20H21NO4S. The third kappa shape index (κ3) is 3.21. The molecule has 26 heavy (non-hydrogen) atoms. The van der Waals surface area contributed by atoms with Crippen molar-refractivity contribution in [2.24, 2.45) is 0 Å². The number of nitrogens with zero attached hydrogens (tertiary/aromatic N) is 1. The number of amides is 1. The second kappa shape index (κ2) is 7.11. The number of fused-ring (bicyclic) bond motifs is 1. The number of benzene rings is 2. The summed E-state index contributed by atoms with van der Waals surface area (Å²) in [6.45, 7) is 1.26. The maximum absolute atomic E-state index is 12.5. The molecule has 2 aromatic carbocycles. The second-order valence-corrected chi connectivity index (χ2v) is 7.44. The summed E-state index contributed by atoms with van der Waals surface area (Å²) >= 11 is 1.67. The van der Waals surface area contributed by atoms with Crippen molar-refractivity contribution in [3.05, 3.63) is 53.1 Å². The number of hydrogen-bond donors (Lipinski definition) is 0. The number of ether oxygens (including phenoxy) is 3. The normalized spacial score (nSPS) is 18.6. The zero-order chi connectivity index (χ0) is 18.1. The molecule has 5 nitrogen and oxygen atoms in total. The van der Waals surface area contributed by atoms with Gasteiger partial charge in [0.15, 0.2) is 0 Å². The van der Waals surface area contributed by atoms with Gasteiger partial charge in [-0.2, -0.15) is 0 Å². The Morgan fingerprint density at radius 3 is 2.65 bits per heavy atom. The number of carbonyl (C=O) groups excluding carboxylic acids is 1. The van der Waals surface area contributed by atoms with Crippen LogP contribution in [0.5, 0.6) is 17.2 Å². The molecule has 2 aliphatic rings. The van der Waals surface area contributed by atoms with Gasteiger partial charge in [0.05, 0.1) is 26.6 Å². The molecule has 0 aromatic heterocycles. The fourth-order valence-electron chi connectivity index (χ4n) is 3.42. The smallest absolute Gasteiger partial charge is 0.234 e. The van der Waals surface area contributed by atoms with E-state index in [1.54, 1.807) is 26.0 Å². The van der Waals surface area contributed by atoms with Gasteiger partial charge in [-0.05, 0) is 41.0 Å². The van der Waals surface area contributed by atoms with Crippen LogP contribution in [-0.4, -0.2) is 37.4 Å². The molecule has 0 radical (unpaired) electrons. The average molecular weight is 371 g/mol. The van der Waals surface area contributed by atoms with E-state index in [0.717, 1.165) is 41.4 Å². The molecule has 1 atom stereocenters. The van der Waals surface area contributed by atoms with E-state index in [2.05, 4.69) is 12.1 Å². The summed E-state index contributed by atoms with van der Waals surface area (Å²) in [7, 11) is 3.26. The Balaban J connectivity index is 1.61. The number of rotatable bonds is 5. The molecule has 1 unspecified atom stereocenters.